The van der Waals surface area contributed by atoms with Crippen molar-refractivity contribution in [2.45, 2.75) is 6.54 Å². The van der Waals surface area contributed by atoms with Crippen LogP contribution in [0, 0.1) is 0 Å². The molecule has 22 heavy (non-hydrogen) atoms. The molecule has 0 radical (unpaired) electrons. The fourth-order valence-electron chi connectivity index (χ4n) is 1.75. The number of nitrogens with zero attached hydrogens (tertiary/aromatic N) is 1. The second-order valence-corrected chi connectivity index (χ2v) is 4.53. The quantitative estimate of drug-likeness (QED) is 0.838. The van der Waals surface area contributed by atoms with Gasteiger partial charge in [0.25, 0.3) is 5.91 Å². The van der Waals surface area contributed by atoms with Gasteiger partial charge in [-0.2, -0.15) is 0 Å². The maximum absolute atomic E-state index is 11.8. The zero-order valence-corrected chi connectivity index (χ0v) is 12.2. The van der Waals surface area contributed by atoms with Gasteiger partial charge in [0.05, 0.1) is 13.7 Å². The van der Waals surface area contributed by atoms with Gasteiger partial charge in [0.15, 0.2) is 0 Å². The fraction of sp³-hybridized carbons (Fsp3) is 0.188. The Morgan fingerprint density at radius 2 is 1.86 bits per heavy atom. The second kappa shape index (κ2) is 7.78. The van der Waals surface area contributed by atoms with Crippen LogP contribution in [0.4, 0.5) is 0 Å². The highest BCUT2D eigenvalue weighted by molar-refractivity contribution is 5.96. The third-order valence-electron chi connectivity index (χ3n) is 2.94. The summed E-state index contributed by atoms with van der Waals surface area (Å²) in [4.78, 5) is 27.5. The van der Waals surface area contributed by atoms with E-state index < -0.39 is 0 Å². The molecule has 0 bridgehead atoms. The highest BCUT2D eigenvalue weighted by atomic mass is 16.5. The van der Waals surface area contributed by atoms with Gasteiger partial charge < -0.3 is 15.4 Å². The van der Waals surface area contributed by atoms with Crippen LogP contribution in [0.15, 0.2) is 48.7 Å². The average molecular weight is 299 g/mol. The number of methoxy groups -OCH3 is 1. The van der Waals surface area contributed by atoms with Crippen molar-refractivity contribution in [3.63, 3.8) is 0 Å². The van der Waals surface area contributed by atoms with Crippen LogP contribution in [0.3, 0.4) is 0 Å². The van der Waals surface area contributed by atoms with Gasteiger partial charge in [0, 0.05) is 24.4 Å². The minimum Gasteiger partial charge on any atom is -0.481 e. The van der Waals surface area contributed by atoms with Crippen molar-refractivity contribution in [2.75, 3.05) is 13.7 Å². The summed E-state index contributed by atoms with van der Waals surface area (Å²) in [6.45, 7) is 0.272. The van der Waals surface area contributed by atoms with Crippen LogP contribution in [0.5, 0.6) is 5.88 Å². The van der Waals surface area contributed by atoms with Crippen LogP contribution in [0.2, 0.25) is 0 Å². The van der Waals surface area contributed by atoms with Gasteiger partial charge in [-0.05, 0) is 17.7 Å². The van der Waals surface area contributed by atoms with E-state index in [2.05, 4.69) is 15.6 Å². The minimum absolute atomic E-state index is 0.0721. The molecule has 0 aliphatic heterocycles. The summed E-state index contributed by atoms with van der Waals surface area (Å²) in [5, 5.41) is 5.28. The van der Waals surface area contributed by atoms with Gasteiger partial charge in [-0.3, -0.25) is 9.59 Å². The molecule has 6 heteroatoms. The first-order chi connectivity index (χ1) is 10.7. The van der Waals surface area contributed by atoms with Crippen molar-refractivity contribution in [3.05, 3.63) is 59.8 Å². The van der Waals surface area contributed by atoms with Gasteiger partial charge in [-0.25, -0.2) is 4.98 Å². The molecule has 0 unspecified atom stereocenters. The second-order valence-electron chi connectivity index (χ2n) is 4.53. The maximum atomic E-state index is 11.8. The Hall–Kier alpha value is -2.89. The first-order valence-electron chi connectivity index (χ1n) is 6.78. The smallest absolute Gasteiger partial charge is 0.251 e. The Labute approximate surface area is 128 Å². The van der Waals surface area contributed by atoms with E-state index in [1.54, 1.807) is 43.6 Å². The highest BCUT2D eigenvalue weighted by Crippen LogP contribution is 2.06. The number of hydrogen-bond acceptors (Lipinski definition) is 4. The zero-order valence-electron chi connectivity index (χ0n) is 12.2. The van der Waals surface area contributed by atoms with Crippen molar-refractivity contribution in [1.29, 1.82) is 0 Å². The molecule has 2 N–H and O–H groups in total. The lowest BCUT2D eigenvalue weighted by Gasteiger charge is -2.07. The number of carbonyl (C=O) groups is 2. The van der Waals surface area contributed by atoms with Gasteiger partial charge >= 0.3 is 0 Å². The van der Waals surface area contributed by atoms with Gasteiger partial charge in [-0.15, -0.1) is 0 Å². The number of benzene rings is 1. The predicted molar refractivity (Wildman–Crippen MR) is 81.4 cm³/mol. The number of ether oxygens (including phenoxy) is 1. The van der Waals surface area contributed by atoms with Gasteiger partial charge in [-0.1, -0.05) is 24.3 Å². The monoisotopic (exact) mass is 299 g/mol. The molecule has 0 spiro atoms. The third-order valence-corrected chi connectivity index (χ3v) is 2.94. The molecule has 2 aromatic rings. The first-order valence-corrected chi connectivity index (χ1v) is 6.78. The largest absolute Gasteiger partial charge is 0.481 e. The van der Waals surface area contributed by atoms with Crippen molar-refractivity contribution >= 4 is 11.8 Å². The van der Waals surface area contributed by atoms with Crippen LogP contribution in [0.25, 0.3) is 0 Å². The molecule has 0 saturated carbocycles. The van der Waals surface area contributed by atoms with Crippen LogP contribution < -0.4 is 15.4 Å². The van der Waals surface area contributed by atoms with E-state index in [0.717, 1.165) is 5.56 Å². The summed E-state index contributed by atoms with van der Waals surface area (Å²) in [7, 11) is 1.54. The third kappa shape index (κ3) is 4.59. The van der Waals surface area contributed by atoms with Crippen LogP contribution in [-0.4, -0.2) is 30.5 Å². The lowest BCUT2D eigenvalue weighted by Crippen LogP contribution is -2.36. The molecule has 1 heterocycles. The lowest BCUT2D eigenvalue weighted by molar-refractivity contribution is -0.120. The number of carbonyl (C=O) groups excluding carboxylic acids is 2. The van der Waals surface area contributed by atoms with E-state index in [1.165, 1.54) is 0 Å². The van der Waals surface area contributed by atoms with Gasteiger partial charge in [0.1, 0.15) is 0 Å². The Balaban J connectivity index is 1.74. The molecule has 2 amide bonds. The number of nitrogens with one attached hydrogen (secondary N) is 2. The van der Waals surface area contributed by atoms with E-state index in [0.29, 0.717) is 18.0 Å². The van der Waals surface area contributed by atoms with Crippen molar-refractivity contribution < 1.29 is 14.3 Å². The van der Waals surface area contributed by atoms with E-state index in [1.807, 2.05) is 12.1 Å². The van der Waals surface area contributed by atoms with E-state index in [4.69, 9.17) is 4.74 Å². The molecule has 0 aliphatic rings. The van der Waals surface area contributed by atoms with E-state index >= 15 is 0 Å². The number of pyridine rings is 1. The molecule has 1 aromatic heterocycles. The van der Waals surface area contributed by atoms with Crippen molar-refractivity contribution in [2.24, 2.45) is 0 Å². The molecule has 0 fully saturated rings. The molecule has 2 rings (SSSR count). The summed E-state index contributed by atoms with van der Waals surface area (Å²) in [5.74, 6) is -0.0211. The molecule has 0 aliphatic carbocycles. The Morgan fingerprint density at radius 1 is 1.09 bits per heavy atom. The minimum atomic E-state index is -0.276. The average Bonchev–Trinajstić information content (AvgIpc) is 2.59. The first kappa shape index (κ1) is 15.5. The van der Waals surface area contributed by atoms with Crippen LogP contribution >= 0.6 is 0 Å². The molecular weight excluding hydrogens is 282 g/mol. The number of rotatable bonds is 6. The topological polar surface area (TPSA) is 80.3 Å². The summed E-state index contributed by atoms with van der Waals surface area (Å²) in [6, 6.07) is 12.3. The molecule has 0 atom stereocenters. The Morgan fingerprint density at radius 3 is 2.50 bits per heavy atom. The van der Waals surface area contributed by atoms with E-state index in [-0.39, 0.29) is 18.4 Å². The number of hydrogen-bond donors (Lipinski definition) is 2. The highest BCUT2D eigenvalue weighted by Gasteiger charge is 2.07. The molecule has 0 saturated heterocycles. The Kier molecular flexibility index (Phi) is 5.48. The fourth-order valence-corrected chi connectivity index (χ4v) is 1.75. The zero-order chi connectivity index (χ0) is 15.8. The summed E-state index contributed by atoms with van der Waals surface area (Å²) in [6.07, 6.45) is 1.63. The molecular formula is C16H17N3O3. The molecule has 1 aromatic carbocycles. The predicted octanol–water partition coefficient (Wildman–Crippen LogP) is 1.14. The Bertz CT molecular complexity index is 627. The SMILES string of the molecule is COc1ccc(CNC(=O)CNC(=O)c2ccccc2)cn1. The molecule has 6 nitrogen and oxygen atoms in total. The lowest BCUT2D eigenvalue weighted by atomic mass is 10.2. The van der Waals surface area contributed by atoms with Crippen LogP contribution in [-0.2, 0) is 11.3 Å². The van der Waals surface area contributed by atoms with Crippen LogP contribution in [0.1, 0.15) is 15.9 Å². The van der Waals surface area contributed by atoms with Crippen molar-refractivity contribution in [3.8, 4) is 5.88 Å². The summed E-state index contributed by atoms with van der Waals surface area (Å²) >= 11 is 0. The summed E-state index contributed by atoms with van der Waals surface area (Å²) < 4.78 is 4.96. The normalized spacial score (nSPS) is 9.86. The summed E-state index contributed by atoms with van der Waals surface area (Å²) in [5.41, 5.74) is 1.37. The number of aromatic nitrogens is 1. The van der Waals surface area contributed by atoms with E-state index in [9.17, 15) is 9.59 Å². The molecule has 114 valence electrons. The van der Waals surface area contributed by atoms with Crippen molar-refractivity contribution in [1.82, 2.24) is 15.6 Å². The standard InChI is InChI=1S/C16H17N3O3/c1-22-15-8-7-12(10-18-15)9-17-14(20)11-19-16(21)13-5-3-2-4-6-13/h2-8,10H,9,11H2,1H3,(H,17,20)(H,19,21). The number of amides is 2. The van der Waals surface area contributed by atoms with Gasteiger partial charge in [0.2, 0.25) is 11.8 Å². The maximum Gasteiger partial charge on any atom is 0.251 e.